The zero-order chi connectivity index (χ0) is 33.3. The number of pyridine rings is 2. The number of hydrogen-bond donors (Lipinski definition) is 0. The number of hydrogen-bond acceptors (Lipinski definition) is 3. The van der Waals surface area contributed by atoms with Crippen LogP contribution in [0.25, 0.3) is 55.6 Å². The quantitative estimate of drug-likeness (QED) is 0.128. The fourth-order valence-electron chi connectivity index (χ4n) is 5.25. The summed E-state index contributed by atoms with van der Waals surface area (Å²) in [6.07, 6.45) is 3.70. The van der Waals surface area contributed by atoms with Gasteiger partial charge in [0.2, 0.25) is 0 Å². The minimum absolute atomic E-state index is 0. The smallest absolute Gasteiger partial charge is 0.133 e. The first-order valence-corrected chi connectivity index (χ1v) is 18.6. The predicted octanol–water partition coefficient (Wildman–Crippen LogP) is 10.6. The number of furan rings is 1. The van der Waals surface area contributed by atoms with Gasteiger partial charge < -0.3 is 14.4 Å². The van der Waals surface area contributed by atoms with Crippen molar-refractivity contribution in [2.24, 2.45) is 0 Å². The Morgan fingerprint density at radius 2 is 1.64 bits per heavy atom. The number of fused-ring (bicyclic) bond motifs is 3. The molecule has 0 spiro atoms. The van der Waals surface area contributed by atoms with E-state index in [0.29, 0.717) is 33.6 Å². The Morgan fingerprint density at radius 1 is 0.809 bits per heavy atom. The topological polar surface area (TPSA) is 38.9 Å². The Bertz CT molecular complexity index is 2190. The number of rotatable bonds is 5. The molecule has 7 aromatic rings. The van der Waals surface area contributed by atoms with Gasteiger partial charge in [-0.3, -0.25) is 0 Å². The molecule has 0 amide bonds. The molecule has 47 heavy (non-hydrogen) atoms. The molecule has 0 N–H and O–H groups in total. The molecule has 4 aromatic carbocycles. The Morgan fingerprint density at radius 3 is 2.32 bits per heavy atom. The van der Waals surface area contributed by atoms with Gasteiger partial charge in [-0.05, 0) is 52.3 Å². The molecule has 0 fully saturated rings. The van der Waals surface area contributed by atoms with Gasteiger partial charge in [-0.2, -0.15) is 0 Å². The molecule has 7 heteroatoms. The second kappa shape index (κ2) is 14.2. The molecule has 0 unspecified atom stereocenters. The fourth-order valence-corrected chi connectivity index (χ4v) is 6.29. The zero-order valence-corrected chi connectivity index (χ0v) is 30.2. The van der Waals surface area contributed by atoms with E-state index in [1.54, 1.807) is 18.3 Å². The van der Waals surface area contributed by atoms with E-state index >= 15 is 0 Å². The normalized spacial score (nSPS) is 11.9. The molecule has 239 valence electrons. The largest absolute Gasteiger partial charge is 0.501 e. The summed E-state index contributed by atoms with van der Waals surface area (Å²) in [4.78, 5) is 8.99. The molecular weight excluding hydrogens is 783 g/mol. The van der Waals surface area contributed by atoms with E-state index in [2.05, 4.69) is 53.9 Å². The maximum Gasteiger partial charge on any atom is 0.133 e. The van der Waals surface area contributed by atoms with Gasteiger partial charge in [-0.15, -0.1) is 54.1 Å². The molecule has 1 radical (unpaired) electrons. The standard InChI is InChI=1S/C26H18F2NO.C14H16NSi.Ir/c1-15(2)16-10-11-29-24(12-16)22-5-3-4-21-20-8-6-17(13-25(20)30-26(21)22)19-9-7-18(27)14-23(19)28;1-16(2,3)13-9-10-14(15-11-13)12-7-5-4-6-8-12;/h3-4,6-15H,1-2H3;4-7,9-11H,1-3H3;/q2*-1;/i15D;;. The first-order chi connectivity index (χ1) is 22.4. The van der Waals surface area contributed by atoms with E-state index in [1.807, 2.05) is 74.6 Å². The molecule has 0 saturated carbocycles. The summed E-state index contributed by atoms with van der Waals surface area (Å²) in [6, 6.07) is 35.1. The van der Waals surface area contributed by atoms with Crippen molar-refractivity contribution in [2.75, 3.05) is 0 Å². The van der Waals surface area contributed by atoms with Crippen LogP contribution in [0.15, 0.2) is 114 Å². The maximum absolute atomic E-state index is 14.3. The van der Waals surface area contributed by atoms with Crippen LogP contribution in [-0.2, 0) is 20.1 Å². The first-order valence-electron chi connectivity index (χ1n) is 15.6. The van der Waals surface area contributed by atoms with E-state index in [0.717, 1.165) is 33.7 Å². The molecule has 7 rings (SSSR count). The molecule has 3 heterocycles. The minimum Gasteiger partial charge on any atom is -0.501 e. The molecule has 0 bridgehead atoms. The van der Waals surface area contributed by atoms with Gasteiger partial charge in [0.15, 0.2) is 0 Å². The van der Waals surface area contributed by atoms with Crippen molar-refractivity contribution in [1.82, 2.24) is 9.97 Å². The van der Waals surface area contributed by atoms with Crippen molar-refractivity contribution in [3.05, 3.63) is 139 Å². The van der Waals surface area contributed by atoms with E-state index in [1.165, 1.54) is 17.3 Å². The number of nitrogens with zero attached hydrogens (tertiary/aromatic N) is 2. The van der Waals surface area contributed by atoms with Crippen LogP contribution in [-0.4, -0.2) is 18.0 Å². The third kappa shape index (κ3) is 7.49. The SMILES string of the molecule is C[Si](C)(C)c1ccc(-c2[c-]cccc2)nc1.[2H]C(C)(C)c1ccnc(-c2[c-]ccc3c2oc2cc(-c4ccc(F)cc4F)ccc23)c1.[Ir]. The van der Waals surface area contributed by atoms with Crippen LogP contribution in [0.5, 0.6) is 0 Å². The number of benzene rings is 4. The summed E-state index contributed by atoms with van der Waals surface area (Å²) in [5.74, 6) is -1.99. The monoisotopic (exact) mass is 818 g/mol. The van der Waals surface area contributed by atoms with Gasteiger partial charge in [0, 0.05) is 50.9 Å². The van der Waals surface area contributed by atoms with Crippen LogP contribution in [0.4, 0.5) is 8.78 Å². The van der Waals surface area contributed by atoms with Gasteiger partial charge in [-0.1, -0.05) is 80.3 Å². The summed E-state index contributed by atoms with van der Waals surface area (Å²) in [6.45, 7) is 10.6. The maximum atomic E-state index is 14.3. The summed E-state index contributed by atoms with van der Waals surface area (Å²) in [5, 5.41) is 3.17. The second-order valence-electron chi connectivity index (χ2n) is 12.4. The third-order valence-corrected chi connectivity index (χ3v) is 9.91. The molecule has 3 aromatic heterocycles. The Labute approximate surface area is 290 Å². The van der Waals surface area contributed by atoms with Gasteiger partial charge in [0.1, 0.15) is 17.2 Å². The Hall–Kier alpha value is -4.29. The van der Waals surface area contributed by atoms with Crippen LogP contribution in [0.3, 0.4) is 0 Å². The predicted molar refractivity (Wildman–Crippen MR) is 187 cm³/mol. The Balaban J connectivity index is 0.000000224. The summed E-state index contributed by atoms with van der Waals surface area (Å²) in [5.41, 5.74) is 6.41. The molecule has 0 atom stereocenters. The van der Waals surface area contributed by atoms with Crippen LogP contribution >= 0.6 is 0 Å². The Kier molecular flexibility index (Phi) is 9.88. The average Bonchev–Trinajstić information content (AvgIpc) is 3.43. The van der Waals surface area contributed by atoms with Crippen molar-refractivity contribution in [2.45, 2.75) is 39.4 Å². The summed E-state index contributed by atoms with van der Waals surface area (Å²) < 4.78 is 42.0. The van der Waals surface area contributed by atoms with Crippen LogP contribution in [0.2, 0.25) is 19.6 Å². The zero-order valence-electron chi connectivity index (χ0n) is 27.8. The van der Waals surface area contributed by atoms with Crippen molar-refractivity contribution in [1.29, 1.82) is 0 Å². The van der Waals surface area contributed by atoms with Gasteiger partial charge in [0.25, 0.3) is 0 Å². The van der Waals surface area contributed by atoms with E-state index in [4.69, 9.17) is 5.79 Å². The molecule has 0 saturated heterocycles. The van der Waals surface area contributed by atoms with E-state index in [9.17, 15) is 8.78 Å². The molecule has 0 aliphatic rings. The van der Waals surface area contributed by atoms with E-state index in [-0.39, 0.29) is 20.1 Å². The molecule has 0 aliphatic heterocycles. The van der Waals surface area contributed by atoms with Gasteiger partial charge in [0.05, 0.1) is 13.7 Å². The summed E-state index contributed by atoms with van der Waals surface area (Å²) in [7, 11) is -1.23. The third-order valence-electron chi connectivity index (χ3n) is 7.88. The molecule has 3 nitrogen and oxygen atoms in total. The van der Waals surface area contributed by atoms with Crippen LogP contribution < -0.4 is 5.19 Å². The molecule has 0 aliphatic carbocycles. The van der Waals surface area contributed by atoms with Crippen LogP contribution in [0, 0.1) is 23.8 Å². The van der Waals surface area contributed by atoms with Crippen molar-refractivity contribution in [3.63, 3.8) is 0 Å². The second-order valence-corrected chi connectivity index (χ2v) is 17.5. The van der Waals surface area contributed by atoms with E-state index < -0.39 is 25.6 Å². The minimum atomic E-state index is -1.23. The van der Waals surface area contributed by atoms with Gasteiger partial charge in [-0.25, -0.2) is 8.78 Å². The van der Waals surface area contributed by atoms with Crippen molar-refractivity contribution >= 4 is 35.2 Å². The van der Waals surface area contributed by atoms with Crippen molar-refractivity contribution < 1.29 is 34.7 Å². The summed E-state index contributed by atoms with van der Waals surface area (Å²) >= 11 is 0. The van der Waals surface area contributed by atoms with Gasteiger partial charge >= 0.3 is 0 Å². The average molecular weight is 818 g/mol. The first kappa shape index (κ1) is 32.6. The fraction of sp³-hybridized carbons (Fsp3) is 0.150. The van der Waals surface area contributed by atoms with Crippen LogP contribution in [0.1, 0.15) is 26.7 Å². The van der Waals surface area contributed by atoms with Crippen molar-refractivity contribution in [3.8, 4) is 33.6 Å². The number of aromatic nitrogens is 2. The number of halogens is 2. The molecular formula is C40H34F2IrN2OSi-2.